The third-order valence-electron chi connectivity index (χ3n) is 0. The predicted molar refractivity (Wildman–Crippen MR) is 12.8 cm³/mol. The van der Waals surface area contributed by atoms with Gasteiger partial charge in [-0.05, 0) is 6.92 Å². The summed E-state index contributed by atoms with van der Waals surface area (Å²) in [5, 5.41) is 7.57. The van der Waals surface area contributed by atoms with Crippen LogP contribution in [0.3, 0.4) is 0 Å². The Morgan fingerprint density at radius 2 is 1.60 bits per heavy atom. The maximum absolute atomic E-state index is 7.57. The van der Waals surface area contributed by atoms with Crippen LogP contribution in [0.25, 0.3) is 0 Å². The third-order valence-corrected chi connectivity index (χ3v) is 0. The maximum atomic E-state index is 7.57. The molecule has 0 heterocycles. The second kappa shape index (κ2) is 19.3. The van der Waals surface area contributed by atoms with E-state index in [9.17, 15) is 0 Å². The van der Waals surface area contributed by atoms with E-state index in [1.165, 1.54) is 0 Å². The number of aliphatic hydroxyl groups is 1. The molecule has 1 nitrogen and oxygen atoms in total. The van der Waals surface area contributed by atoms with Gasteiger partial charge in [0.25, 0.3) is 0 Å². The minimum Gasteiger partial charge on any atom is -0.397 e. The monoisotopic (exact) mass is 90.0 g/mol. The van der Waals surface area contributed by atoms with E-state index in [1.54, 1.807) is 6.92 Å². The number of rotatable bonds is 0. The average Bonchev–Trinajstić information content (AvgIpc) is 0.918. The first-order chi connectivity index (χ1) is 1.41. The summed E-state index contributed by atoms with van der Waals surface area (Å²) in [5.74, 6) is 0. The van der Waals surface area contributed by atoms with Gasteiger partial charge >= 0.3 is 0 Å². The van der Waals surface area contributed by atoms with Gasteiger partial charge in [0.1, 0.15) is 0 Å². The van der Waals surface area contributed by atoms with Crippen LogP contribution in [0.1, 0.15) is 6.92 Å². The Morgan fingerprint density at radius 1 is 1.60 bits per heavy atom. The van der Waals surface area contributed by atoms with E-state index in [0.717, 1.165) is 0 Å². The Morgan fingerprint density at radius 3 is 1.60 bits per heavy atom. The molecule has 0 saturated heterocycles. The molecular weight excluding hydrogens is 84.0 g/mol. The van der Waals surface area contributed by atoms with Gasteiger partial charge in [-0.25, -0.2) is 0 Å². The van der Waals surface area contributed by atoms with Gasteiger partial charge < -0.3 is 5.11 Å². The second-order valence-electron chi connectivity index (χ2n) is 0.316. The number of hydrogen-bond acceptors (Lipinski definition) is 1. The van der Waals surface area contributed by atoms with E-state index >= 15 is 0 Å². The van der Waals surface area contributed by atoms with Crippen LogP contribution in [-0.4, -0.2) is 11.7 Å². The van der Waals surface area contributed by atoms with Gasteiger partial charge in [-0.2, -0.15) is 0 Å². The summed E-state index contributed by atoms with van der Waals surface area (Å²) in [6.45, 7) is 1.93. The summed E-state index contributed by atoms with van der Waals surface area (Å²) in [7, 11) is 0. The van der Waals surface area contributed by atoms with Gasteiger partial charge in [0.05, 0.1) is 0 Å². The van der Waals surface area contributed by atoms with Crippen LogP contribution in [0.4, 0.5) is 0 Å². The van der Waals surface area contributed by atoms with Crippen LogP contribution >= 0.6 is 0 Å². The predicted octanol–water partition coefficient (Wildman–Crippen LogP) is -0.00140. The second-order valence-corrected chi connectivity index (χ2v) is 0.316. The Labute approximate surface area is 62.1 Å². The largest absolute Gasteiger partial charge is 0.397 e. The molecule has 0 unspecified atom stereocenters. The normalized spacial score (nSPS) is 3.60. The molecule has 0 amide bonds. The van der Waals surface area contributed by atoms with Crippen molar-refractivity contribution in [3.05, 3.63) is 0 Å². The molecule has 0 rings (SSSR count). The molecule has 0 fully saturated rings. The molecule has 0 saturated carbocycles. The van der Waals surface area contributed by atoms with E-state index in [1.807, 2.05) is 0 Å². The van der Waals surface area contributed by atoms with Crippen LogP contribution in [0.15, 0.2) is 0 Å². The van der Waals surface area contributed by atoms with Gasteiger partial charge in [-0.3, -0.25) is 0 Å². The Bertz CT molecular complexity index is 9.61. The molecule has 0 bridgehead atoms. The maximum Gasteiger partial charge on any atom is 0.0402 e. The molecule has 0 aliphatic heterocycles. The van der Waals surface area contributed by atoms with Gasteiger partial charge in [0.15, 0.2) is 0 Å². The van der Waals surface area contributed by atoms with E-state index in [0.29, 0.717) is 0 Å². The third kappa shape index (κ3) is 39.4. The molecule has 0 radical (unpaired) electrons. The molecule has 3 heteroatoms. The molecule has 0 aliphatic rings. The first-order valence-electron chi connectivity index (χ1n) is 1.02. The molecule has 0 atom stereocenters. The molecule has 30 valence electrons. The first kappa shape index (κ1) is 16.5. The fraction of sp³-hybridized carbons (Fsp3) is 1.00. The van der Waals surface area contributed by atoms with Crippen molar-refractivity contribution in [2.45, 2.75) is 6.92 Å². The van der Waals surface area contributed by atoms with E-state index in [4.69, 9.17) is 5.11 Å². The van der Waals surface area contributed by atoms with Crippen LogP contribution < -0.4 is 0 Å². The van der Waals surface area contributed by atoms with Gasteiger partial charge in [-0.1, -0.05) is 0 Å². The molecule has 0 aromatic rings. The number of hydrogen-bond donors (Lipinski definition) is 1. The zero-order chi connectivity index (χ0) is 2.71. The average molecular weight is 90.0 g/mol. The fourth-order valence-corrected chi connectivity index (χ4v) is 0. The summed E-state index contributed by atoms with van der Waals surface area (Å²) >= 11 is 0. The van der Waals surface area contributed by atoms with E-state index < -0.39 is 0 Å². The minimum atomic E-state index is 0. The first-order valence-corrected chi connectivity index (χ1v) is 1.02. The molecule has 5 heavy (non-hydrogen) atoms. The molecule has 0 aliphatic carbocycles. The molecule has 0 aromatic heterocycles. The van der Waals surface area contributed by atoms with E-state index in [2.05, 4.69) is 0 Å². The molecule has 0 aromatic carbocycles. The number of aliphatic hydroxyl groups excluding tert-OH is 1. The quantitative estimate of drug-likeness (QED) is 0.443. The van der Waals surface area contributed by atoms with Gasteiger partial charge in [0, 0.05) is 50.5 Å². The van der Waals surface area contributed by atoms with Crippen LogP contribution in [0, 0.1) is 43.9 Å². The summed E-state index contributed by atoms with van der Waals surface area (Å²) in [5.41, 5.74) is 0. The zero-order valence-corrected chi connectivity index (χ0v) is 3.92. The Hall–Kier alpha value is 1.13. The fourth-order valence-electron chi connectivity index (χ4n) is 0. The standard InChI is InChI=1S/C2H6O.Ar.He/c1-2-3;;/h3H,2H2,1H3;;. The summed E-state index contributed by atoms with van der Waals surface area (Å²) in [4.78, 5) is 0. The molecule has 1 N–H and O–H groups in total. The van der Waals surface area contributed by atoms with Crippen LogP contribution in [-0.2, 0) is 0 Å². The van der Waals surface area contributed by atoms with Crippen molar-refractivity contribution in [1.82, 2.24) is 0 Å². The SMILES string of the molecule is CCO.[Ar].[He]. The summed E-state index contributed by atoms with van der Waals surface area (Å²) < 4.78 is 0. The van der Waals surface area contributed by atoms with Crippen molar-refractivity contribution < 1.29 is 49.0 Å². The van der Waals surface area contributed by atoms with Crippen molar-refractivity contribution in [2.75, 3.05) is 6.61 Å². The van der Waals surface area contributed by atoms with Crippen molar-refractivity contribution in [3.8, 4) is 0 Å². The van der Waals surface area contributed by atoms with Crippen LogP contribution in [0.5, 0.6) is 0 Å². The van der Waals surface area contributed by atoms with Gasteiger partial charge in [-0.15, -0.1) is 0 Å². The van der Waals surface area contributed by atoms with Crippen molar-refractivity contribution in [1.29, 1.82) is 0 Å². The van der Waals surface area contributed by atoms with Crippen molar-refractivity contribution >= 4 is 0 Å². The van der Waals surface area contributed by atoms with Crippen molar-refractivity contribution in [2.24, 2.45) is 0 Å². The Kier molecular flexibility index (Phi) is 63.5. The molecule has 0 spiro atoms. The Balaban J connectivity index is -0.0000000200. The van der Waals surface area contributed by atoms with E-state index in [-0.39, 0.29) is 50.5 Å². The van der Waals surface area contributed by atoms with Crippen molar-refractivity contribution in [3.63, 3.8) is 0 Å². The molecular formula is C2H6ArHeO. The minimum absolute atomic E-state index is 0. The smallest absolute Gasteiger partial charge is 0.0402 e. The van der Waals surface area contributed by atoms with Gasteiger partial charge in [0.2, 0.25) is 0 Å². The summed E-state index contributed by atoms with van der Waals surface area (Å²) in [6, 6.07) is 0. The zero-order valence-electron chi connectivity index (χ0n) is 3.21. The topological polar surface area (TPSA) is 20.2 Å². The summed E-state index contributed by atoms with van der Waals surface area (Å²) in [6.07, 6.45) is 0. The van der Waals surface area contributed by atoms with Crippen LogP contribution in [0.2, 0.25) is 0 Å².